The second-order valence-corrected chi connectivity index (χ2v) is 3.45. The third-order valence-electron chi connectivity index (χ3n) is 2.17. The number of benzene rings is 1. The lowest BCUT2D eigenvalue weighted by Crippen LogP contribution is -2.31. The van der Waals surface area contributed by atoms with E-state index in [1.807, 2.05) is 0 Å². The van der Waals surface area contributed by atoms with Crippen LogP contribution in [0.2, 0.25) is 0 Å². The number of aliphatic imine (C=N–C) groups is 1. The molecular weight excluding hydrogens is 247 g/mol. The first-order valence-electron chi connectivity index (χ1n) is 5.16. The van der Waals surface area contributed by atoms with Crippen LogP contribution in [0.3, 0.4) is 0 Å². The van der Waals surface area contributed by atoms with Crippen LogP contribution in [-0.2, 0) is 10.9 Å². The van der Waals surface area contributed by atoms with Crippen molar-refractivity contribution < 1.29 is 17.9 Å². The van der Waals surface area contributed by atoms with E-state index < -0.39 is 11.7 Å². The van der Waals surface area contributed by atoms with E-state index in [1.54, 1.807) is 0 Å². The molecule has 0 radical (unpaired) electrons. The average Bonchev–Trinajstić information content (AvgIpc) is 2.34. The van der Waals surface area contributed by atoms with Gasteiger partial charge in [0.1, 0.15) is 5.84 Å². The van der Waals surface area contributed by atoms with Crippen LogP contribution in [0.25, 0.3) is 0 Å². The first-order chi connectivity index (χ1) is 8.49. The van der Waals surface area contributed by atoms with Crippen LogP contribution in [0.15, 0.2) is 29.3 Å². The fourth-order valence-corrected chi connectivity index (χ4v) is 1.31. The smallest absolute Gasteiger partial charge is 0.383 e. The number of rotatable bonds is 4. The van der Waals surface area contributed by atoms with Gasteiger partial charge in [-0.05, 0) is 12.1 Å². The maximum atomic E-state index is 12.5. The standard InChI is InChI=1S/C11H14F3N3O/c1-18-6-5-16-10(17-15)8-3-2-4-9(7-8)11(12,13)14/h2-4,7H,5-6,15H2,1H3,(H,16,17). The highest BCUT2D eigenvalue weighted by Gasteiger charge is 2.30. The van der Waals surface area contributed by atoms with E-state index in [1.165, 1.54) is 19.2 Å². The summed E-state index contributed by atoms with van der Waals surface area (Å²) in [6.45, 7) is 0.677. The molecule has 0 amide bonds. The van der Waals surface area contributed by atoms with Crippen molar-refractivity contribution in [3.63, 3.8) is 0 Å². The molecule has 0 saturated heterocycles. The first kappa shape index (κ1) is 14.5. The molecule has 0 aliphatic heterocycles. The minimum atomic E-state index is -4.39. The van der Waals surface area contributed by atoms with Crippen molar-refractivity contribution in [2.24, 2.45) is 10.8 Å². The predicted octanol–water partition coefficient (Wildman–Crippen LogP) is 1.56. The summed E-state index contributed by atoms with van der Waals surface area (Å²) in [5.41, 5.74) is 1.82. The highest BCUT2D eigenvalue weighted by Crippen LogP contribution is 2.29. The van der Waals surface area contributed by atoms with Crippen LogP contribution < -0.4 is 11.3 Å². The number of nitrogens with zero attached hydrogens (tertiary/aromatic N) is 1. The molecule has 0 atom stereocenters. The van der Waals surface area contributed by atoms with Gasteiger partial charge in [0.25, 0.3) is 0 Å². The Morgan fingerprint density at radius 1 is 1.44 bits per heavy atom. The van der Waals surface area contributed by atoms with E-state index in [0.717, 1.165) is 12.1 Å². The Bertz CT molecular complexity index is 418. The number of halogens is 3. The second-order valence-electron chi connectivity index (χ2n) is 3.45. The highest BCUT2D eigenvalue weighted by molar-refractivity contribution is 5.98. The van der Waals surface area contributed by atoms with Gasteiger partial charge in [0.05, 0.1) is 18.7 Å². The van der Waals surface area contributed by atoms with E-state index in [9.17, 15) is 13.2 Å². The lowest BCUT2D eigenvalue weighted by molar-refractivity contribution is -0.137. The summed E-state index contributed by atoms with van der Waals surface area (Å²) >= 11 is 0. The number of amidine groups is 1. The number of ether oxygens (including phenoxy) is 1. The van der Waals surface area contributed by atoms with Crippen molar-refractivity contribution in [2.75, 3.05) is 20.3 Å². The fraction of sp³-hybridized carbons (Fsp3) is 0.364. The molecule has 0 aliphatic rings. The van der Waals surface area contributed by atoms with Gasteiger partial charge in [-0.25, -0.2) is 5.84 Å². The van der Waals surface area contributed by atoms with Crippen molar-refractivity contribution in [3.8, 4) is 0 Å². The summed E-state index contributed by atoms with van der Waals surface area (Å²) in [6, 6.07) is 4.79. The van der Waals surface area contributed by atoms with Crippen LogP contribution in [0.5, 0.6) is 0 Å². The number of alkyl halides is 3. The van der Waals surface area contributed by atoms with Crippen LogP contribution in [0.4, 0.5) is 13.2 Å². The molecule has 0 bridgehead atoms. The number of hydrogen-bond acceptors (Lipinski definition) is 3. The maximum absolute atomic E-state index is 12.5. The molecule has 3 N–H and O–H groups in total. The van der Waals surface area contributed by atoms with Crippen LogP contribution in [-0.4, -0.2) is 26.1 Å². The van der Waals surface area contributed by atoms with E-state index >= 15 is 0 Å². The third kappa shape index (κ3) is 4.01. The summed E-state index contributed by atoms with van der Waals surface area (Å²) in [5.74, 6) is 5.44. The Balaban J connectivity index is 2.96. The minimum absolute atomic E-state index is 0.193. The summed E-state index contributed by atoms with van der Waals surface area (Å²) < 4.78 is 42.4. The summed E-state index contributed by atoms with van der Waals surface area (Å²) in [4.78, 5) is 4.01. The number of hydrogen-bond donors (Lipinski definition) is 2. The minimum Gasteiger partial charge on any atom is -0.383 e. The molecule has 0 spiro atoms. The maximum Gasteiger partial charge on any atom is 0.416 e. The van der Waals surface area contributed by atoms with Gasteiger partial charge in [-0.1, -0.05) is 12.1 Å². The zero-order valence-electron chi connectivity index (χ0n) is 9.79. The van der Waals surface area contributed by atoms with E-state index in [0.29, 0.717) is 13.2 Å². The molecule has 0 aromatic heterocycles. The van der Waals surface area contributed by atoms with Gasteiger partial charge in [0, 0.05) is 12.7 Å². The van der Waals surface area contributed by atoms with Crippen molar-refractivity contribution in [3.05, 3.63) is 35.4 Å². The highest BCUT2D eigenvalue weighted by atomic mass is 19.4. The average molecular weight is 261 g/mol. The number of methoxy groups -OCH3 is 1. The summed E-state index contributed by atoms with van der Waals surface area (Å²) in [7, 11) is 1.51. The van der Waals surface area contributed by atoms with Crippen LogP contribution in [0.1, 0.15) is 11.1 Å². The second kappa shape index (κ2) is 6.36. The van der Waals surface area contributed by atoms with E-state index in [4.69, 9.17) is 10.6 Å². The zero-order chi connectivity index (χ0) is 13.6. The van der Waals surface area contributed by atoms with Gasteiger partial charge >= 0.3 is 6.18 Å². The normalized spacial score (nSPS) is 12.6. The lowest BCUT2D eigenvalue weighted by Gasteiger charge is -2.10. The monoisotopic (exact) mass is 261 g/mol. The molecule has 7 heteroatoms. The lowest BCUT2D eigenvalue weighted by atomic mass is 10.1. The molecule has 0 aliphatic carbocycles. The Hall–Kier alpha value is -1.60. The van der Waals surface area contributed by atoms with Gasteiger partial charge in [0.2, 0.25) is 0 Å². The Labute approximate surface area is 103 Å². The Morgan fingerprint density at radius 2 is 2.17 bits per heavy atom. The largest absolute Gasteiger partial charge is 0.416 e. The Kier molecular flexibility index (Phi) is 5.11. The molecule has 0 fully saturated rings. The number of nitrogens with two attached hydrogens (primary N) is 1. The van der Waals surface area contributed by atoms with Crippen molar-refractivity contribution in [1.29, 1.82) is 0 Å². The quantitative estimate of drug-likeness (QED) is 0.284. The molecule has 1 aromatic rings. The molecule has 1 aromatic carbocycles. The van der Waals surface area contributed by atoms with Gasteiger partial charge in [-0.2, -0.15) is 13.2 Å². The van der Waals surface area contributed by atoms with Crippen molar-refractivity contribution in [1.82, 2.24) is 5.43 Å². The van der Waals surface area contributed by atoms with Crippen LogP contribution in [0, 0.1) is 0 Å². The van der Waals surface area contributed by atoms with Gasteiger partial charge in [-0.15, -0.1) is 0 Å². The van der Waals surface area contributed by atoms with Crippen molar-refractivity contribution in [2.45, 2.75) is 6.18 Å². The molecule has 0 heterocycles. The van der Waals surface area contributed by atoms with Gasteiger partial charge in [-0.3, -0.25) is 4.99 Å². The van der Waals surface area contributed by atoms with Gasteiger partial charge < -0.3 is 10.2 Å². The van der Waals surface area contributed by atoms with E-state index in [2.05, 4.69) is 10.4 Å². The first-order valence-corrected chi connectivity index (χ1v) is 5.16. The summed E-state index contributed by atoms with van der Waals surface area (Å²) in [5, 5.41) is 0. The summed E-state index contributed by atoms with van der Waals surface area (Å²) in [6.07, 6.45) is -4.39. The molecular formula is C11H14F3N3O. The predicted molar refractivity (Wildman–Crippen MR) is 62.0 cm³/mol. The molecule has 18 heavy (non-hydrogen) atoms. The van der Waals surface area contributed by atoms with E-state index in [-0.39, 0.29) is 11.4 Å². The fourth-order valence-electron chi connectivity index (χ4n) is 1.31. The zero-order valence-corrected chi connectivity index (χ0v) is 9.79. The molecule has 4 nitrogen and oxygen atoms in total. The number of hydrazine groups is 1. The SMILES string of the molecule is COCCN=C(NN)c1cccc(C(F)(F)F)c1. The molecule has 1 rings (SSSR count). The molecule has 0 unspecified atom stereocenters. The molecule has 0 saturated carbocycles. The van der Waals surface area contributed by atoms with Gasteiger partial charge in [0.15, 0.2) is 0 Å². The molecule has 100 valence electrons. The third-order valence-corrected chi connectivity index (χ3v) is 2.17. The van der Waals surface area contributed by atoms with Crippen LogP contribution >= 0.6 is 0 Å². The van der Waals surface area contributed by atoms with Crippen molar-refractivity contribution >= 4 is 5.84 Å². The number of nitrogens with one attached hydrogen (secondary N) is 1. The Morgan fingerprint density at radius 3 is 2.72 bits per heavy atom. The topological polar surface area (TPSA) is 59.6 Å².